The monoisotopic (exact) mass is 142 g/mol. The number of nitrogens with zero attached hydrogens (tertiary/aromatic N) is 1. The number of urea groups is 1. The molecule has 58 valence electrons. The van der Waals surface area contributed by atoms with E-state index in [0.29, 0.717) is 0 Å². The van der Waals surface area contributed by atoms with Crippen LogP contribution in [0.15, 0.2) is 0 Å². The predicted molar refractivity (Wildman–Crippen MR) is 38.1 cm³/mol. The van der Waals surface area contributed by atoms with Crippen molar-refractivity contribution in [3.63, 3.8) is 0 Å². The largest absolute Gasteiger partial charge is 0.395 e. The molecule has 1 saturated heterocycles. The number of likely N-dealkylation sites (tertiary alicyclic amines) is 1. The summed E-state index contributed by atoms with van der Waals surface area (Å²) in [4.78, 5) is 12.8. The molecule has 1 aliphatic rings. The van der Waals surface area contributed by atoms with Crippen molar-refractivity contribution in [1.29, 1.82) is 0 Å². The zero-order chi connectivity index (χ0) is 7.40. The van der Waals surface area contributed by atoms with E-state index in [1.54, 1.807) is 0 Å². The number of piperidine rings is 1. The Bertz CT molecular complexity index is 119. The first-order valence-electron chi connectivity index (χ1n) is 3.76. The van der Waals surface area contributed by atoms with Crippen LogP contribution in [0.3, 0.4) is 0 Å². The molecule has 0 saturated carbocycles. The van der Waals surface area contributed by atoms with Gasteiger partial charge >= 0.3 is 6.03 Å². The molecule has 1 aliphatic heterocycles. The number of carbonyl (C=O) groups is 1. The van der Waals surface area contributed by atoms with Gasteiger partial charge in [0.1, 0.15) is 0 Å². The van der Waals surface area contributed by atoms with E-state index < -0.39 is 0 Å². The van der Waals surface area contributed by atoms with Crippen molar-refractivity contribution in [2.24, 2.45) is 0 Å². The van der Waals surface area contributed by atoms with Gasteiger partial charge in [0.15, 0.2) is 0 Å². The lowest BCUT2D eigenvalue weighted by Crippen LogP contribution is -2.85. The Morgan fingerprint density at radius 3 is 2.40 bits per heavy atom. The van der Waals surface area contributed by atoms with Gasteiger partial charge in [-0.2, -0.15) is 0 Å². The lowest BCUT2D eigenvalue weighted by Gasteiger charge is -2.24. The Hall–Kier alpha value is -0.570. The summed E-state index contributed by atoms with van der Waals surface area (Å²) in [7, 11) is 3.44. The summed E-state index contributed by atoms with van der Waals surface area (Å²) in [5.74, 6) is 0. The topological polar surface area (TPSA) is 36.9 Å². The standard InChI is InChI=1S/C7H14N2O/c1-8-7(10)9-5-3-2-4-6-9/h1-6,8H2. The average Bonchev–Trinajstić information content (AvgIpc) is 2.05. The molecule has 0 atom stereocenters. The van der Waals surface area contributed by atoms with Gasteiger partial charge in [-0.15, -0.1) is 7.05 Å². The molecule has 1 fully saturated rings. The molecule has 0 radical (unpaired) electrons. The molecular weight excluding hydrogens is 128 g/mol. The summed E-state index contributed by atoms with van der Waals surface area (Å²) in [5, 5.41) is 1.39. The van der Waals surface area contributed by atoms with Gasteiger partial charge in [-0.3, -0.25) is 4.90 Å². The highest BCUT2D eigenvalue weighted by Crippen LogP contribution is 2.06. The molecule has 0 aromatic heterocycles. The molecule has 0 unspecified atom stereocenters. The molecule has 3 heteroatoms. The van der Waals surface area contributed by atoms with Crippen LogP contribution in [0.4, 0.5) is 4.79 Å². The van der Waals surface area contributed by atoms with Crippen LogP contribution in [-0.4, -0.2) is 24.0 Å². The normalized spacial score (nSPS) is 19.1. The van der Waals surface area contributed by atoms with Crippen molar-refractivity contribution >= 4 is 6.03 Å². The lowest BCUT2D eigenvalue weighted by molar-refractivity contribution is -0.498. The van der Waals surface area contributed by atoms with Gasteiger partial charge in [0, 0.05) is 13.1 Å². The minimum atomic E-state index is 0.0831. The number of primary amides is 1. The van der Waals surface area contributed by atoms with Crippen molar-refractivity contribution in [3.05, 3.63) is 7.05 Å². The van der Waals surface area contributed by atoms with E-state index in [1.807, 2.05) is 4.90 Å². The first kappa shape index (κ1) is 7.54. The van der Waals surface area contributed by atoms with Crippen LogP contribution < -0.4 is 5.32 Å². The van der Waals surface area contributed by atoms with Gasteiger partial charge in [0.05, 0.1) is 0 Å². The third-order valence-electron chi connectivity index (χ3n) is 1.84. The van der Waals surface area contributed by atoms with Crippen molar-refractivity contribution < 1.29 is 10.1 Å². The number of amides is 2. The molecule has 1 rings (SSSR count). The second-order valence-corrected chi connectivity index (χ2v) is 2.59. The third kappa shape index (κ3) is 1.70. The molecule has 2 amide bonds. The highest BCUT2D eigenvalue weighted by Gasteiger charge is 2.15. The third-order valence-corrected chi connectivity index (χ3v) is 1.84. The number of carbonyl (C=O) groups excluding carboxylic acids is 1. The summed E-state index contributed by atoms with van der Waals surface area (Å²) >= 11 is 0. The first-order valence-corrected chi connectivity index (χ1v) is 3.76. The molecular formula is C7H14N2O. The van der Waals surface area contributed by atoms with Gasteiger partial charge in [0.25, 0.3) is 0 Å². The number of hydrogen-bond acceptors (Lipinski definition) is 1. The van der Waals surface area contributed by atoms with Gasteiger partial charge < -0.3 is 5.32 Å². The highest BCUT2D eigenvalue weighted by atomic mass is 16.2. The number of quaternary nitrogens is 1. The van der Waals surface area contributed by atoms with E-state index in [2.05, 4.69) is 7.05 Å². The molecule has 1 heterocycles. The summed E-state index contributed by atoms with van der Waals surface area (Å²) in [6.07, 6.45) is 3.57. The smallest absolute Gasteiger partial charge is 0.389 e. The number of nitrogens with two attached hydrogens (primary N) is 1. The predicted octanol–water partition coefficient (Wildman–Crippen LogP) is -0.0527. The minimum absolute atomic E-state index is 0.0831. The maximum atomic E-state index is 11.0. The number of rotatable bonds is 0. The summed E-state index contributed by atoms with van der Waals surface area (Å²) in [6, 6.07) is 0.0831. The zero-order valence-electron chi connectivity index (χ0n) is 6.18. The van der Waals surface area contributed by atoms with Crippen LogP contribution in [-0.2, 0) is 0 Å². The second kappa shape index (κ2) is 3.56. The quantitative estimate of drug-likeness (QED) is 0.473. The van der Waals surface area contributed by atoms with Crippen LogP contribution >= 0.6 is 0 Å². The van der Waals surface area contributed by atoms with E-state index >= 15 is 0 Å². The van der Waals surface area contributed by atoms with Gasteiger partial charge in [0.2, 0.25) is 0 Å². The Kier molecular flexibility index (Phi) is 2.68. The molecule has 0 aromatic carbocycles. The van der Waals surface area contributed by atoms with Crippen molar-refractivity contribution in [2.75, 3.05) is 13.1 Å². The molecule has 0 aliphatic carbocycles. The van der Waals surface area contributed by atoms with Crippen LogP contribution in [0.5, 0.6) is 0 Å². The maximum absolute atomic E-state index is 11.0. The molecule has 3 nitrogen and oxygen atoms in total. The van der Waals surface area contributed by atoms with Gasteiger partial charge in [-0.25, -0.2) is 4.79 Å². The average molecular weight is 142 g/mol. The first-order chi connectivity index (χ1) is 4.84. The molecule has 10 heavy (non-hydrogen) atoms. The second-order valence-electron chi connectivity index (χ2n) is 2.59. The number of hydrogen-bond donors (Lipinski definition) is 1. The maximum Gasteiger partial charge on any atom is 0.389 e. The van der Waals surface area contributed by atoms with Crippen molar-refractivity contribution in [2.45, 2.75) is 19.3 Å². The summed E-state index contributed by atoms with van der Waals surface area (Å²) in [6.45, 7) is 1.84. The molecule has 0 spiro atoms. The Labute approximate surface area is 61.4 Å². The van der Waals surface area contributed by atoms with Gasteiger partial charge in [-0.1, -0.05) is 0 Å². The minimum Gasteiger partial charge on any atom is -0.395 e. The lowest BCUT2D eigenvalue weighted by atomic mass is 10.1. The Balaban J connectivity index is 2.31. The summed E-state index contributed by atoms with van der Waals surface area (Å²) in [5.41, 5.74) is 0. The van der Waals surface area contributed by atoms with Crippen LogP contribution in [0.1, 0.15) is 19.3 Å². The van der Waals surface area contributed by atoms with Crippen LogP contribution in [0.25, 0.3) is 0 Å². The Morgan fingerprint density at radius 1 is 1.30 bits per heavy atom. The summed E-state index contributed by atoms with van der Waals surface area (Å²) < 4.78 is 0. The van der Waals surface area contributed by atoms with E-state index in [9.17, 15) is 4.79 Å². The van der Waals surface area contributed by atoms with E-state index in [4.69, 9.17) is 0 Å². The van der Waals surface area contributed by atoms with Crippen LogP contribution in [0.2, 0.25) is 0 Å². The molecule has 0 bridgehead atoms. The fourth-order valence-corrected chi connectivity index (χ4v) is 1.24. The SMILES string of the molecule is [CH2-][NH2+]C(=O)N1CCCCC1. The highest BCUT2D eigenvalue weighted by molar-refractivity contribution is 5.63. The fraction of sp³-hybridized carbons (Fsp3) is 0.714. The van der Waals surface area contributed by atoms with Gasteiger partial charge in [-0.05, 0) is 19.3 Å². The Morgan fingerprint density at radius 2 is 1.90 bits per heavy atom. The van der Waals surface area contributed by atoms with E-state index in [0.717, 1.165) is 25.9 Å². The fourth-order valence-electron chi connectivity index (χ4n) is 1.24. The zero-order valence-corrected chi connectivity index (χ0v) is 6.18. The van der Waals surface area contributed by atoms with Crippen molar-refractivity contribution in [3.8, 4) is 0 Å². The van der Waals surface area contributed by atoms with Crippen molar-refractivity contribution in [1.82, 2.24) is 4.90 Å². The van der Waals surface area contributed by atoms with E-state index in [1.165, 1.54) is 11.7 Å². The van der Waals surface area contributed by atoms with Crippen LogP contribution in [0, 0.1) is 7.05 Å². The molecule has 0 aromatic rings. The van der Waals surface area contributed by atoms with E-state index in [-0.39, 0.29) is 6.03 Å². The molecule has 2 N–H and O–H groups in total.